The van der Waals surface area contributed by atoms with Crippen LogP contribution in [-0.2, 0) is 21.0 Å². The molecule has 5 nitrogen and oxygen atoms in total. The van der Waals surface area contributed by atoms with Crippen LogP contribution >= 0.6 is 0 Å². The van der Waals surface area contributed by atoms with Gasteiger partial charge in [0.05, 0.1) is 7.11 Å². The number of nitrogens with zero attached hydrogens (tertiary/aromatic N) is 1. The van der Waals surface area contributed by atoms with Crippen molar-refractivity contribution in [3.8, 4) is 5.75 Å². The smallest absolute Gasteiger partial charge is 0.360 e. The highest BCUT2D eigenvalue weighted by Crippen LogP contribution is 2.22. The fraction of sp³-hybridized carbons (Fsp3) is 0.263. The normalized spacial score (nSPS) is 11.1. The Bertz CT molecular complexity index is 753. The van der Waals surface area contributed by atoms with Crippen LogP contribution in [0.3, 0.4) is 0 Å². The number of carbonyl (C=O) groups is 1. The van der Waals surface area contributed by atoms with E-state index in [1.165, 1.54) is 14.2 Å². The SMILES string of the molecule is CON=C(C(=O)OC)c1cccc(C)c1COc1ccccc1C. The molecule has 0 saturated heterocycles. The van der Waals surface area contributed by atoms with Crippen molar-refractivity contribution < 1.29 is 19.1 Å². The zero-order chi connectivity index (χ0) is 17.5. The van der Waals surface area contributed by atoms with E-state index < -0.39 is 5.97 Å². The predicted molar refractivity (Wildman–Crippen MR) is 92.3 cm³/mol. The van der Waals surface area contributed by atoms with E-state index in [0.717, 1.165) is 22.4 Å². The number of aryl methyl sites for hydroxylation is 2. The number of hydrogen-bond donors (Lipinski definition) is 0. The van der Waals surface area contributed by atoms with Crippen LogP contribution in [0.15, 0.2) is 47.6 Å². The van der Waals surface area contributed by atoms with E-state index in [9.17, 15) is 4.79 Å². The third kappa shape index (κ3) is 3.93. The van der Waals surface area contributed by atoms with Crippen molar-refractivity contribution in [3.05, 3.63) is 64.7 Å². The number of carbonyl (C=O) groups excluding carboxylic acids is 1. The highest BCUT2D eigenvalue weighted by atomic mass is 16.6. The number of hydrogen-bond acceptors (Lipinski definition) is 5. The van der Waals surface area contributed by atoms with E-state index in [-0.39, 0.29) is 5.71 Å². The lowest BCUT2D eigenvalue weighted by molar-refractivity contribution is -0.132. The van der Waals surface area contributed by atoms with Gasteiger partial charge >= 0.3 is 5.97 Å². The summed E-state index contributed by atoms with van der Waals surface area (Å²) in [5, 5.41) is 3.83. The summed E-state index contributed by atoms with van der Waals surface area (Å²) in [7, 11) is 2.70. The molecular formula is C19H21NO4. The maximum absolute atomic E-state index is 12.0. The van der Waals surface area contributed by atoms with Crippen molar-refractivity contribution in [3.63, 3.8) is 0 Å². The zero-order valence-electron chi connectivity index (χ0n) is 14.3. The summed E-state index contributed by atoms with van der Waals surface area (Å²) in [5.41, 5.74) is 3.66. The maximum atomic E-state index is 12.0. The summed E-state index contributed by atoms with van der Waals surface area (Å²) in [4.78, 5) is 16.8. The van der Waals surface area contributed by atoms with Gasteiger partial charge < -0.3 is 14.3 Å². The summed E-state index contributed by atoms with van der Waals surface area (Å²) >= 11 is 0. The van der Waals surface area contributed by atoms with Crippen LogP contribution in [0.2, 0.25) is 0 Å². The highest BCUT2D eigenvalue weighted by molar-refractivity contribution is 6.43. The van der Waals surface area contributed by atoms with Gasteiger partial charge in [0.25, 0.3) is 0 Å². The van der Waals surface area contributed by atoms with Gasteiger partial charge in [-0.15, -0.1) is 0 Å². The lowest BCUT2D eigenvalue weighted by Gasteiger charge is -2.15. The van der Waals surface area contributed by atoms with Crippen molar-refractivity contribution in [1.29, 1.82) is 0 Å². The molecule has 0 atom stereocenters. The summed E-state index contributed by atoms with van der Waals surface area (Å²) in [6.07, 6.45) is 0. The Kier molecular flexibility index (Phi) is 5.95. The van der Waals surface area contributed by atoms with Crippen molar-refractivity contribution in [2.24, 2.45) is 5.16 Å². The maximum Gasteiger partial charge on any atom is 0.360 e. The molecule has 0 aliphatic carbocycles. The molecular weight excluding hydrogens is 306 g/mol. The van der Waals surface area contributed by atoms with Crippen molar-refractivity contribution in [1.82, 2.24) is 0 Å². The highest BCUT2D eigenvalue weighted by Gasteiger charge is 2.20. The number of ether oxygens (including phenoxy) is 2. The predicted octanol–water partition coefficient (Wildman–Crippen LogP) is 3.41. The number of para-hydroxylation sites is 1. The van der Waals surface area contributed by atoms with Crippen molar-refractivity contribution in [2.75, 3.05) is 14.2 Å². The Morgan fingerprint density at radius 1 is 1.00 bits per heavy atom. The van der Waals surface area contributed by atoms with Gasteiger partial charge in [-0.3, -0.25) is 0 Å². The molecule has 5 heteroatoms. The third-order valence-corrected chi connectivity index (χ3v) is 3.69. The molecule has 0 bridgehead atoms. The minimum atomic E-state index is -0.556. The van der Waals surface area contributed by atoms with E-state index in [0.29, 0.717) is 12.2 Å². The van der Waals surface area contributed by atoms with Gasteiger partial charge in [-0.2, -0.15) is 0 Å². The second kappa shape index (κ2) is 8.15. The Morgan fingerprint density at radius 2 is 1.71 bits per heavy atom. The monoisotopic (exact) mass is 327 g/mol. The zero-order valence-corrected chi connectivity index (χ0v) is 14.3. The average Bonchev–Trinajstić information content (AvgIpc) is 2.59. The molecule has 0 spiro atoms. The summed E-state index contributed by atoms with van der Waals surface area (Å²) in [6, 6.07) is 13.4. The first-order chi connectivity index (χ1) is 11.6. The number of methoxy groups -OCH3 is 1. The van der Waals surface area contributed by atoms with Gasteiger partial charge in [0.1, 0.15) is 19.5 Å². The fourth-order valence-corrected chi connectivity index (χ4v) is 2.37. The molecule has 0 aliphatic heterocycles. The van der Waals surface area contributed by atoms with Crippen LogP contribution in [0.5, 0.6) is 5.75 Å². The van der Waals surface area contributed by atoms with Crippen LogP contribution in [0.4, 0.5) is 0 Å². The third-order valence-electron chi connectivity index (χ3n) is 3.69. The molecule has 0 aliphatic rings. The van der Waals surface area contributed by atoms with E-state index in [2.05, 4.69) is 5.16 Å². The lowest BCUT2D eigenvalue weighted by atomic mass is 9.99. The fourth-order valence-electron chi connectivity index (χ4n) is 2.37. The largest absolute Gasteiger partial charge is 0.489 e. The molecule has 0 unspecified atom stereocenters. The van der Waals surface area contributed by atoms with Gasteiger partial charge in [-0.25, -0.2) is 4.79 Å². The summed E-state index contributed by atoms with van der Waals surface area (Å²) in [6.45, 7) is 4.26. The molecule has 0 N–H and O–H groups in total. The van der Waals surface area contributed by atoms with Gasteiger partial charge in [0.15, 0.2) is 5.71 Å². The Balaban J connectivity index is 2.38. The number of benzene rings is 2. The summed E-state index contributed by atoms with van der Waals surface area (Å²) in [5.74, 6) is 0.245. The first kappa shape index (κ1) is 17.5. The molecule has 2 aromatic rings. The van der Waals surface area contributed by atoms with Gasteiger partial charge in [-0.1, -0.05) is 41.6 Å². The molecule has 0 amide bonds. The quantitative estimate of drug-likeness (QED) is 0.463. The van der Waals surface area contributed by atoms with E-state index >= 15 is 0 Å². The van der Waals surface area contributed by atoms with E-state index in [1.807, 2.05) is 50.2 Å². The molecule has 0 radical (unpaired) electrons. The molecule has 0 heterocycles. The topological polar surface area (TPSA) is 57.1 Å². The second-order valence-corrected chi connectivity index (χ2v) is 5.27. The lowest BCUT2D eigenvalue weighted by Crippen LogP contribution is -2.20. The number of esters is 1. The molecule has 2 aromatic carbocycles. The van der Waals surface area contributed by atoms with Crippen LogP contribution in [0.1, 0.15) is 22.3 Å². The minimum Gasteiger partial charge on any atom is -0.489 e. The Morgan fingerprint density at radius 3 is 2.38 bits per heavy atom. The molecule has 0 saturated carbocycles. The Labute approximate surface area is 141 Å². The van der Waals surface area contributed by atoms with Crippen molar-refractivity contribution >= 4 is 11.7 Å². The van der Waals surface area contributed by atoms with Crippen molar-refractivity contribution in [2.45, 2.75) is 20.5 Å². The van der Waals surface area contributed by atoms with Crippen LogP contribution in [-0.4, -0.2) is 25.9 Å². The van der Waals surface area contributed by atoms with Crippen LogP contribution in [0, 0.1) is 13.8 Å². The van der Waals surface area contributed by atoms with E-state index in [4.69, 9.17) is 14.3 Å². The first-order valence-corrected chi connectivity index (χ1v) is 7.55. The standard InChI is InChI=1S/C19H21NO4/c1-13-9-7-10-15(18(20-23-4)19(21)22-3)16(13)12-24-17-11-6-5-8-14(17)2/h5-11H,12H2,1-4H3. The van der Waals surface area contributed by atoms with Gasteiger partial charge in [0, 0.05) is 11.1 Å². The van der Waals surface area contributed by atoms with Gasteiger partial charge in [0.2, 0.25) is 0 Å². The molecule has 2 rings (SSSR count). The van der Waals surface area contributed by atoms with Crippen LogP contribution < -0.4 is 4.74 Å². The number of rotatable bonds is 6. The molecule has 0 aromatic heterocycles. The second-order valence-electron chi connectivity index (χ2n) is 5.27. The average molecular weight is 327 g/mol. The van der Waals surface area contributed by atoms with Crippen LogP contribution in [0.25, 0.3) is 0 Å². The van der Waals surface area contributed by atoms with Gasteiger partial charge in [-0.05, 0) is 31.0 Å². The molecule has 0 fully saturated rings. The first-order valence-electron chi connectivity index (χ1n) is 7.55. The summed E-state index contributed by atoms with van der Waals surface area (Å²) < 4.78 is 10.7. The molecule has 126 valence electrons. The Hall–Kier alpha value is -2.82. The van der Waals surface area contributed by atoms with E-state index in [1.54, 1.807) is 6.07 Å². The number of oxime groups is 1. The minimum absolute atomic E-state index is 0.118. The molecule has 24 heavy (non-hydrogen) atoms.